The van der Waals surface area contributed by atoms with Gasteiger partial charge in [0, 0.05) is 23.9 Å². The summed E-state index contributed by atoms with van der Waals surface area (Å²) in [5.41, 5.74) is 2.35. The van der Waals surface area contributed by atoms with Crippen LogP contribution in [0.5, 0.6) is 0 Å². The molecule has 12 nitrogen and oxygen atoms in total. The topological polar surface area (TPSA) is 151 Å². The molecular formula is C22H19N7O5. The van der Waals surface area contributed by atoms with Gasteiger partial charge in [-0.1, -0.05) is 48.5 Å². The van der Waals surface area contributed by atoms with Crippen molar-refractivity contribution in [3.05, 3.63) is 98.3 Å². The Labute approximate surface area is 192 Å². The van der Waals surface area contributed by atoms with Crippen LogP contribution in [0.15, 0.2) is 66.9 Å². The van der Waals surface area contributed by atoms with Gasteiger partial charge in [0.2, 0.25) is 5.91 Å². The van der Waals surface area contributed by atoms with Gasteiger partial charge in [-0.2, -0.15) is 9.78 Å². The number of rotatable bonds is 8. The normalized spacial score (nSPS) is 10.7. The Morgan fingerprint density at radius 3 is 2.21 bits per heavy atom. The Balaban J connectivity index is 1.56. The van der Waals surface area contributed by atoms with Crippen molar-refractivity contribution in [1.29, 1.82) is 0 Å². The highest BCUT2D eigenvalue weighted by molar-refractivity contribution is 5.76. The van der Waals surface area contributed by atoms with Gasteiger partial charge in [-0.05, 0) is 24.0 Å². The summed E-state index contributed by atoms with van der Waals surface area (Å²) in [5.74, 6) is -1.41. The van der Waals surface area contributed by atoms with E-state index < -0.39 is 33.8 Å². The van der Waals surface area contributed by atoms with E-state index in [1.165, 1.54) is 6.92 Å². The third-order valence-corrected chi connectivity index (χ3v) is 5.14. The summed E-state index contributed by atoms with van der Waals surface area (Å²) in [4.78, 5) is 33.0. The fourth-order valence-corrected chi connectivity index (χ4v) is 3.49. The molecule has 0 radical (unpaired) electrons. The van der Waals surface area contributed by atoms with Crippen molar-refractivity contribution >= 4 is 17.4 Å². The molecule has 0 saturated carbocycles. The van der Waals surface area contributed by atoms with Crippen molar-refractivity contribution in [2.24, 2.45) is 0 Å². The molecule has 2 heterocycles. The number of para-hydroxylation sites is 1. The van der Waals surface area contributed by atoms with Gasteiger partial charge in [0.25, 0.3) is 0 Å². The van der Waals surface area contributed by atoms with Gasteiger partial charge in [-0.3, -0.25) is 14.9 Å². The number of hydrogen-bond acceptors (Lipinski definition) is 7. The molecule has 2 aromatic heterocycles. The van der Waals surface area contributed by atoms with Crippen LogP contribution in [0.4, 0.5) is 11.5 Å². The van der Waals surface area contributed by atoms with E-state index in [-0.39, 0.29) is 12.2 Å². The lowest BCUT2D eigenvalue weighted by Gasteiger charge is -2.05. The van der Waals surface area contributed by atoms with Crippen LogP contribution < -0.4 is 5.32 Å². The fraction of sp³-hybridized carbons (Fsp3) is 0.136. The molecule has 4 aromatic rings. The minimum atomic E-state index is -0.941. The lowest BCUT2D eigenvalue weighted by molar-refractivity contribution is -0.424. The third-order valence-electron chi connectivity index (χ3n) is 5.14. The molecule has 0 atom stereocenters. The number of nitrogens with zero attached hydrogens (tertiary/aromatic N) is 6. The first-order valence-corrected chi connectivity index (χ1v) is 10.2. The van der Waals surface area contributed by atoms with Gasteiger partial charge in [-0.15, -0.1) is 0 Å². The second-order valence-corrected chi connectivity index (χ2v) is 7.36. The molecule has 0 spiro atoms. The number of nitrogens with one attached hydrogen (secondary N) is 1. The van der Waals surface area contributed by atoms with Crippen molar-refractivity contribution in [3.8, 4) is 16.9 Å². The lowest BCUT2D eigenvalue weighted by atomic mass is 10.1. The number of benzene rings is 2. The quantitative estimate of drug-likeness (QED) is 0.312. The van der Waals surface area contributed by atoms with E-state index >= 15 is 0 Å². The van der Waals surface area contributed by atoms with Crippen LogP contribution in [-0.2, 0) is 17.9 Å². The minimum absolute atomic E-state index is 0.0753. The second kappa shape index (κ2) is 9.32. The standard InChI is InChI=1S/C22H19N7O5/c1-15-21(28(31)32)22(29(33)34)25-26(15)14-19(30)23-12-17-13-27(18-10-6-3-7-11-18)24-20(17)16-8-4-2-5-9-16/h2-11,13H,12,14H2,1H3,(H,23,30). The number of amides is 1. The van der Waals surface area contributed by atoms with Crippen LogP contribution in [0.25, 0.3) is 16.9 Å². The number of nitro groups is 2. The molecule has 0 saturated heterocycles. The highest BCUT2D eigenvalue weighted by Gasteiger charge is 2.35. The van der Waals surface area contributed by atoms with Crippen molar-refractivity contribution in [1.82, 2.24) is 24.9 Å². The summed E-state index contributed by atoms with van der Waals surface area (Å²) >= 11 is 0. The van der Waals surface area contributed by atoms with E-state index in [2.05, 4.69) is 15.5 Å². The first-order chi connectivity index (χ1) is 16.3. The predicted molar refractivity (Wildman–Crippen MR) is 121 cm³/mol. The Hall–Kier alpha value is -4.87. The van der Waals surface area contributed by atoms with E-state index in [1.54, 1.807) is 4.68 Å². The highest BCUT2D eigenvalue weighted by Crippen LogP contribution is 2.29. The van der Waals surface area contributed by atoms with Crippen molar-refractivity contribution in [2.75, 3.05) is 0 Å². The number of carbonyl (C=O) groups excluding carboxylic acids is 1. The molecule has 1 amide bonds. The molecule has 12 heteroatoms. The Kier molecular flexibility index (Phi) is 6.12. The van der Waals surface area contributed by atoms with Gasteiger partial charge >= 0.3 is 11.5 Å². The summed E-state index contributed by atoms with van der Waals surface area (Å²) in [6.07, 6.45) is 1.81. The third kappa shape index (κ3) is 4.50. The summed E-state index contributed by atoms with van der Waals surface area (Å²) in [7, 11) is 0. The van der Waals surface area contributed by atoms with Gasteiger partial charge in [-0.25, -0.2) is 4.68 Å². The molecule has 0 aliphatic rings. The zero-order valence-corrected chi connectivity index (χ0v) is 18.0. The summed E-state index contributed by atoms with van der Waals surface area (Å²) in [5, 5.41) is 33.3. The molecular weight excluding hydrogens is 442 g/mol. The molecule has 172 valence electrons. The molecule has 0 fully saturated rings. The number of carbonyl (C=O) groups is 1. The van der Waals surface area contributed by atoms with Crippen LogP contribution in [0.3, 0.4) is 0 Å². The maximum atomic E-state index is 12.6. The van der Waals surface area contributed by atoms with Gasteiger partial charge in [0.15, 0.2) is 0 Å². The second-order valence-electron chi connectivity index (χ2n) is 7.36. The molecule has 0 unspecified atom stereocenters. The molecule has 0 aliphatic carbocycles. The molecule has 0 aliphatic heterocycles. The van der Waals surface area contributed by atoms with Gasteiger partial charge < -0.3 is 15.4 Å². The smallest absolute Gasteiger partial charge is 0.358 e. The largest absolute Gasteiger partial charge is 0.468 e. The van der Waals surface area contributed by atoms with Crippen molar-refractivity contribution in [3.63, 3.8) is 0 Å². The Bertz CT molecular complexity index is 1360. The van der Waals surface area contributed by atoms with Crippen LogP contribution in [0.2, 0.25) is 0 Å². The van der Waals surface area contributed by atoms with Crippen LogP contribution in [0.1, 0.15) is 11.3 Å². The van der Waals surface area contributed by atoms with Crippen LogP contribution in [0, 0.1) is 27.2 Å². The predicted octanol–water partition coefficient (Wildman–Crippen LogP) is 3.18. The first kappa shape index (κ1) is 22.3. The average molecular weight is 461 g/mol. The number of hydrogen-bond donors (Lipinski definition) is 1. The van der Waals surface area contributed by atoms with Crippen molar-refractivity contribution < 1.29 is 14.6 Å². The Morgan fingerprint density at radius 2 is 1.62 bits per heavy atom. The average Bonchev–Trinajstić information content (AvgIpc) is 3.40. The molecule has 1 N–H and O–H groups in total. The summed E-state index contributed by atoms with van der Waals surface area (Å²) in [6.45, 7) is 1.03. The molecule has 0 bridgehead atoms. The minimum Gasteiger partial charge on any atom is -0.358 e. The maximum Gasteiger partial charge on any atom is 0.468 e. The van der Waals surface area contributed by atoms with Crippen LogP contribution in [-0.4, -0.2) is 35.3 Å². The van der Waals surface area contributed by atoms with Crippen molar-refractivity contribution in [2.45, 2.75) is 20.0 Å². The monoisotopic (exact) mass is 461 g/mol. The lowest BCUT2D eigenvalue weighted by Crippen LogP contribution is -2.28. The molecule has 34 heavy (non-hydrogen) atoms. The van der Waals surface area contributed by atoms with Crippen LogP contribution >= 0.6 is 0 Å². The van der Waals surface area contributed by atoms with Gasteiger partial charge in [0.1, 0.15) is 12.2 Å². The Morgan fingerprint density at radius 1 is 0.971 bits per heavy atom. The van der Waals surface area contributed by atoms with Gasteiger partial charge in [0.05, 0.1) is 21.4 Å². The van der Waals surface area contributed by atoms with E-state index in [0.29, 0.717) is 5.69 Å². The SMILES string of the molecule is Cc1c([N+](=O)[O-])c([N+](=O)[O-])nn1CC(=O)NCc1cn(-c2ccccc2)nc1-c1ccccc1. The number of aromatic nitrogens is 4. The van der Waals surface area contributed by atoms with E-state index in [1.807, 2.05) is 66.9 Å². The van der Waals surface area contributed by atoms with E-state index in [4.69, 9.17) is 0 Å². The maximum absolute atomic E-state index is 12.6. The molecule has 4 rings (SSSR count). The zero-order chi connectivity index (χ0) is 24.2. The molecule has 2 aromatic carbocycles. The summed E-state index contributed by atoms with van der Waals surface area (Å²) in [6, 6.07) is 19.0. The van der Waals surface area contributed by atoms with E-state index in [9.17, 15) is 25.0 Å². The van der Waals surface area contributed by atoms with E-state index in [0.717, 1.165) is 21.5 Å². The highest BCUT2D eigenvalue weighted by atomic mass is 16.6. The first-order valence-electron chi connectivity index (χ1n) is 10.2. The zero-order valence-electron chi connectivity index (χ0n) is 18.0. The summed E-state index contributed by atoms with van der Waals surface area (Å²) < 4.78 is 2.67. The fourth-order valence-electron chi connectivity index (χ4n) is 3.49.